The minimum Gasteiger partial charge on any atom is -0.322 e. The Morgan fingerprint density at radius 2 is 2.00 bits per heavy atom. The summed E-state index contributed by atoms with van der Waals surface area (Å²) in [7, 11) is 0. The summed E-state index contributed by atoms with van der Waals surface area (Å²) in [5.41, 5.74) is 1.04. The van der Waals surface area contributed by atoms with Gasteiger partial charge in [0, 0.05) is 18.7 Å². The topological polar surface area (TPSA) is 32.7 Å². The number of ketones is 1. The monoisotopic (exact) mass is 298 g/mol. The van der Waals surface area contributed by atoms with Crippen molar-refractivity contribution in [1.29, 1.82) is 0 Å². The summed E-state index contributed by atoms with van der Waals surface area (Å²) in [6, 6.07) is 13.9. The van der Waals surface area contributed by atoms with E-state index in [0.29, 0.717) is 6.54 Å². The van der Waals surface area contributed by atoms with Crippen molar-refractivity contribution in [2.24, 2.45) is 4.99 Å². The van der Waals surface area contributed by atoms with Crippen molar-refractivity contribution >= 4 is 28.6 Å². The Morgan fingerprint density at radius 3 is 2.67 bits per heavy atom. The standard InChI is InChI=1S/C17H18N2OS/c20-15(16-9-6-12-21-16)13-19(14-7-2-1-3-8-14)17-10-4-5-11-18-17/h1-3,6-9,12H,4-5,10-11,13H2. The van der Waals surface area contributed by atoms with Crippen molar-refractivity contribution < 1.29 is 4.79 Å². The van der Waals surface area contributed by atoms with Gasteiger partial charge in [-0.3, -0.25) is 9.79 Å². The van der Waals surface area contributed by atoms with Crippen molar-refractivity contribution in [3.05, 3.63) is 52.7 Å². The average Bonchev–Trinajstić information content (AvgIpc) is 3.09. The Labute approximate surface area is 128 Å². The molecular formula is C17H18N2OS. The average molecular weight is 298 g/mol. The molecule has 108 valence electrons. The SMILES string of the molecule is O=C(CN(C1=NCCCC1)c1ccccc1)c1cccs1. The minimum atomic E-state index is 0.155. The maximum Gasteiger partial charge on any atom is 0.192 e. The lowest BCUT2D eigenvalue weighted by atomic mass is 10.1. The molecule has 0 saturated heterocycles. The highest BCUT2D eigenvalue weighted by Gasteiger charge is 2.20. The Kier molecular flexibility index (Phi) is 4.46. The summed E-state index contributed by atoms with van der Waals surface area (Å²) >= 11 is 1.50. The minimum absolute atomic E-state index is 0.155. The summed E-state index contributed by atoms with van der Waals surface area (Å²) in [4.78, 5) is 20.0. The van der Waals surface area contributed by atoms with E-state index < -0.39 is 0 Å². The van der Waals surface area contributed by atoms with Crippen LogP contribution in [-0.4, -0.2) is 24.7 Å². The highest BCUT2D eigenvalue weighted by molar-refractivity contribution is 7.12. The number of thiophene rings is 1. The van der Waals surface area contributed by atoms with Crippen LogP contribution in [0.1, 0.15) is 28.9 Å². The number of aliphatic imine (C=N–C) groups is 1. The first-order valence-corrected chi connectivity index (χ1v) is 8.15. The molecule has 0 N–H and O–H groups in total. The highest BCUT2D eigenvalue weighted by atomic mass is 32.1. The molecule has 2 aromatic rings. The first-order chi connectivity index (χ1) is 10.3. The first kappa shape index (κ1) is 14.0. The molecule has 0 amide bonds. The Balaban J connectivity index is 1.85. The summed E-state index contributed by atoms with van der Waals surface area (Å²) in [6.07, 6.45) is 3.24. The van der Waals surface area contributed by atoms with Crippen LogP contribution in [0.4, 0.5) is 5.69 Å². The quantitative estimate of drug-likeness (QED) is 0.799. The number of carbonyl (C=O) groups is 1. The van der Waals surface area contributed by atoms with Crippen molar-refractivity contribution in [1.82, 2.24) is 0 Å². The number of hydrogen-bond acceptors (Lipinski definition) is 4. The van der Waals surface area contributed by atoms with E-state index in [0.717, 1.165) is 42.2 Å². The third-order valence-corrected chi connectivity index (χ3v) is 4.49. The van der Waals surface area contributed by atoms with Gasteiger partial charge >= 0.3 is 0 Å². The predicted octanol–water partition coefficient (Wildman–Crippen LogP) is 4.02. The van der Waals surface area contributed by atoms with Crippen LogP contribution in [0.2, 0.25) is 0 Å². The predicted molar refractivity (Wildman–Crippen MR) is 88.6 cm³/mol. The van der Waals surface area contributed by atoms with Gasteiger partial charge < -0.3 is 4.90 Å². The number of carbonyl (C=O) groups excluding carboxylic acids is 1. The van der Waals surface area contributed by atoms with Crippen LogP contribution in [0, 0.1) is 0 Å². The van der Waals surface area contributed by atoms with Crippen molar-refractivity contribution in [3.63, 3.8) is 0 Å². The molecule has 3 nitrogen and oxygen atoms in total. The van der Waals surface area contributed by atoms with E-state index in [1.54, 1.807) is 0 Å². The molecule has 2 heterocycles. The van der Waals surface area contributed by atoms with Crippen molar-refractivity contribution in [3.8, 4) is 0 Å². The number of benzene rings is 1. The zero-order valence-electron chi connectivity index (χ0n) is 11.9. The van der Waals surface area contributed by atoms with Crippen molar-refractivity contribution in [2.45, 2.75) is 19.3 Å². The van der Waals surface area contributed by atoms with Gasteiger partial charge in [-0.25, -0.2) is 0 Å². The number of nitrogens with zero attached hydrogens (tertiary/aromatic N) is 2. The van der Waals surface area contributed by atoms with Crippen LogP contribution in [0.5, 0.6) is 0 Å². The molecule has 0 saturated carbocycles. The van der Waals surface area contributed by atoms with Crippen LogP contribution >= 0.6 is 11.3 Å². The molecule has 1 aromatic carbocycles. The first-order valence-electron chi connectivity index (χ1n) is 7.27. The van der Waals surface area contributed by atoms with E-state index in [2.05, 4.69) is 9.89 Å². The smallest absolute Gasteiger partial charge is 0.192 e. The van der Waals surface area contributed by atoms with E-state index in [9.17, 15) is 4.79 Å². The normalized spacial score (nSPS) is 14.6. The van der Waals surface area contributed by atoms with Crippen LogP contribution in [-0.2, 0) is 0 Å². The molecular weight excluding hydrogens is 280 g/mol. The highest BCUT2D eigenvalue weighted by Crippen LogP contribution is 2.20. The van der Waals surface area contributed by atoms with Gasteiger partial charge in [-0.05, 0) is 36.4 Å². The molecule has 21 heavy (non-hydrogen) atoms. The molecule has 0 fully saturated rings. The maximum absolute atomic E-state index is 12.4. The fourth-order valence-electron chi connectivity index (χ4n) is 2.50. The Bertz CT molecular complexity index is 620. The second kappa shape index (κ2) is 6.68. The van der Waals surface area contributed by atoms with Crippen LogP contribution < -0.4 is 4.90 Å². The second-order valence-corrected chi connectivity index (χ2v) is 6.02. The largest absolute Gasteiger partial charge is 0.322 e. The molecule has 0 radical (unpaired) electrons. The fourth-order valence-corrected chi connectivity index (χ4v) is 3.16. The van der Waals surface area contributed by atoms with E-state index >= 15 is 0 Å². The number of amidine groups is 1. The van der Waals surface area contributed by atoms with Gasteiger partial charge in [0.05, 0.1) is 11.4 Å². The third kappa shape index (κ3) is 3.39. The van der Waals surface area contributed by atoms with Gasteiger partial charge in [-0.2, -0.15) is 0 Å². The molecule has 4 heteroatoms. The zero-order valence-corrected chi connectivity index (χ0v) is 12.7. The second-order valence-electron chi connectivity index (χ2n) is 5.08. The molecule has 0 unspecified atom stereocenters. The maximum atomic E-state index is 12.4. The molecule has 1 aromatic heterocycles. The van der Waals surface area contributed by atoms with E-state index in [-0.39, 0.29) is 5.78 Å². The molecule has 0 spiro atoms. The van der Waals surface area contributed by atoms with Crippen molar-refractivity contribution in [2.75, 3.05) is 18.0 Å². The summed E-state index contributed by atoms with van der Waals surface area (Å²) in [5, 5.41) is 1.94. The lowest BCUT2D eigenvalue weighted by molar-refractivity contribution is 0.101. The summed E-state index contributed by atoms with van der Waals surface area (Å²) in [5.74, 6) is 1.19. The molecule has 1 aliphatic heterocycles. The molecule has 3 rings (SSSR count). The van der Waals surface area contributed by atoms with Gasteiger partial charge in [0.1, 0.15) is 5.84 Å². The number of para-hydroxylation sites is 1. The van der Waals surface area contributed by atoms with Crippen LogP contribution in [0.3, 0.4) is 0 Å². The number of Topliss-reactive ketones (excluding diaryl/α,β-unsaturated/α-hetero) is 1. The van der Waals surface area contributed by atoms with Crippen LogP contribution in [0.15, 0.2) is 52.8 Å². The number of hydrogen-bond donors (Lipinski definition) is 0. The summed E-state index contributed by atoms with van der Waals surface area (Å²) < 4.78 is 0. The van der Waals surface area contributed by atoms with Gasteiger partial charge in [0.25, 0.3) is 0 Å². The Morgan fingerprint density at radius 1 is 1.14 bits per heavy atom. The molecule has 0 aliphatic carbocycles. The lowest BCUT2D eigenvalue weighted by Crippen LogP contribution is -2.36. The lowest BCUT2D eigenvalue weighted by Gasteiger charge is -2.27. The zero-order chi connectivity index (χ0) is 14.5. The molecule has 1 aliphatic rings. The van der Waals surface area contributed by atoms with Gasteiger partial charge in [0.15, 0.2) is 5.78 Å². The van der Waals surface area contributed by atoms with Gasteiger partial charge in [-0.15, -0.1) is 11.3 Å². The van der Waals surface area contributed by atoms with E-state index in [1.165, 1.54) is 11.3 Å². The molecule has 0 atom stereocenters. The summed E-state index contributed by atoms with van der Waals surface area (Å²) in [6.45, 7) is 1.23. The van der Waals surface area contributed by atoms with Gasteiger partial charge in [-0.1, -0.05) is 24.3 Å². The number of rotatable bonds is 4. The number of anilines is 1. The fraction of sp³-hybridized carbons (Fsp3) is 0.294. The molecule has 0 bridgehead atoms. The van der Waals surface area contributed by atoms with Gasteiger partial charge in [0.2, 0.25) is 0 Å². The Hall–Kier alpha value is -1.94. The van der Waals surface area contributed by atoms with Crippen LogP contribution in [0.25, 0.3) is 0 Å². The van der Waals surface area contributed by atoms with E-state index in [4.69, 9.17) is 0 Å². The third-order valence-electron chi connectivity index (χ3n) is 3.58. The van der Waals surface area contributed by atoms with E-state index in [1.807, 2.05) is 47.8 Å².